The van der Waals surface area contributed by atoms with Crippen molar-refractivity contribution in [3.63, 3.8) is 0 Å². The lowest BCUT2D eigenvalue weighted by molar-refractivity contribution is -0.758. The number of alkyl halides is 1. The molecule has 0 bridgehead atoms. The molecule has 4 rings (SSSR count). The molecule has 0 spiro atoms. The van der Waals surface area contributed by atoms with E-state index in [0.29, 0.717) is 5.57 Å². The van der Waals surface area contributed by atoms with Gasteiger partial charge in [-0.05, 0) is 44.6 Å². The van der Waals surface area contributed by atoms with Crippen LogP contribution in [0.15, 0.2) is 23.8 Å². The third-order valence-electron chi connectivity index (χ3n) is 10.9. The summed E-state index contributed by atoms with van der Waals surface area (Å²) in [6.45, 7) is 2.71. The van der Waals surface area contributed by atoms with Gasteiger partial charge in [0.15, 0.2) is 23.7 Å². The number of aliphatic hydroxyl groups is 1. The number of hydrogen-bond acceptors (Lipinski definition) is 15. The molecule has 4 aliphatic rings. The molecule has 0 saturated heterocycles. The minimum atomic E-state index is -2.21. The number of ether oxygens (including phenoxy) is 4. The fourth-order valence-corrected chi connectivity index (χ4v) is 8.73. The summed E-state index contributed by atoms with van der Waals surface area (Å²) in [5.41, 5.74) is -6.25. The molecule has 0 aromatic carbocycles. The Kier molecular flexibility index (Phi) is 12.0. The molecule has 2 saturated carbocycles. The van der Waals surface area contributed by atoms with Crippen LogP contribution in [0.25, 0.3) is 0 Å². The lowest BCUT2D eigenvalue weighted by Gasteiger charge is -2.62. The highest BCUT2D eigenvalue weighted by Crippen LogP contribution is 2.71. The number of carbonyl (C=O) groups excluding carboxylic acids is 4. The van der Waals surface area contributed by atoms with Gasteiger partial charge in [0, 0.05) is 35.5 Å². The van der Waals surface area contributed by atoms with Gasteiger partial charge in [-0.1, -0.05) is 31.6 Å². The highest BCUT2D eigenvalue weighted by molar-refractivity contribution is 5.94. The minimum Gasteiger partial charge on any atom is -0.456 e. The van der Waals surface area contributed by atoms with Crippen molar-refractivity contribution in [1.29, 1.82) is 0 Å². The molecule has 2 unspecified atom stereocenters. The summed E-state index contributed by atoms with van der Waals surface area (Å²) in [7, 11) is 0. The maximum Gasteiger partial charge on any atom is 0.332 e. The van der Waals surface area contributed by atoms with Crippen molar-refractivity contribution in [1.82, 2.24) is 0 Å². The quantitative estimate of drug-likeness (QED) is 0.0705. The monoisotopic (exact) mass is 714 g/mol. The van der Waals surface area contributed by atoms with Crippen molar-refractivity contribution in [3.8, 4) is 0 Å². The number of esters is 2. The number of ketones is 2. The lowest BCUT2D eigenvalue weighted by atomic mass is 9.45. The van der Waals surface area contributed by atoms with E-state index in [0.717, 1.165) is 0 Å². The van der Waals surface area contributed by atoms with Gasteiger partial charge in [0.2, 0.25) is 5.78 Å². The summed E-state index contributed by atoms with van der Waals surface area (Å²) in [6.07, 6.45) is 2.67. The third-order valence-corrected chi connectivity index (χ3v) is 10.9. The Morgan fingerprint density at radius 1 is 0.980 bits per heavy atom. The van der Waals surface area contributed by atoms with Crippen LogP contribution in [-0.2, 0) is 47.8 Å². The molecular weight excluding hydrogens is 671 g/mol. The zero-order valence-corrected chi connectivity index (χ0v) is 28.2. The number of hydrogen-bond donors (Lipinski definition) is 1. The summed E-state index contributed by atoms with van der Waals surface area (Å²) in [6, 6.07) is 0. The standard InChI is InChI=1S/C32H43FN2O15/c1-20-15-24-23-7-6-21-16-22(36)8-9-29(21,2)31(23,33)25(37)17-30(24,3)32(20,50-27(39)5-4-10-48-34(41)42)26(38)18-47-28(40)19-46-12-11-45-13-14-49-35(43)44/h6,8-9,20,23-25,37H,4-5,7,10-19H2,1-3H3/t20-,23?,24?,25-,29-,30-,31-,32-/m0/s1. The Bertz CT molecular complexity index is 1420. The van der Waals surface area contributed by atoms with E-state index in [2.05, 4.69) is 9.68 Å². The Labute approximate surface area is 286 Å². The van der Waals surface area contributed by atoms with Crippen LogP contribution in [0.1, 0.15) is 59.3 Å². The van der Waals surface area contributed by atoms with Crippen molar-refractivity contribution in [2.24, 2.45) is 28.6 Å². The molecule has 1 N–H and O–H groups in total. The predicted molar refractivity (Wildman–Crippen MR) is 164 cm³/mol. The van der Waals surface area contributed by atoms with Crippen LogP contribution in [0, 0.1) is 48.8 Å². The Morgan fingerprint density at radius 3 is 2.34 bits per heavy atom. The molecule has 0 heterocycles. The first-order valence-electron chi connectivity index (χ1n) is 16.4. The summed E-state index contributed by atoms with van der Waals surface area (Å²) < 4.78 is 39.2. The van der Waals surface area contributed by atoms with Gasteiger partial charge in [-0.3, -0.25) is 14.4 Å². The maximum atomic E-state index is 17.7. The van der Waals surface area contributed by atoms with E-state index < -0.39 is 93.7 Å². The van der Waals surface area contributed by atoms with E-state index in [1.165, 1.54) is 12.2 Å². The second kappa shape index (κ2) is 15.5. The first-order chi connectivity index (χ1) is 23.5. The summed E-state index contributed by atoms with van der Waals surface area (Å²) >= 11 is 0. The number of aliphatic hydroxyl groups excluding tert-OH is 1. The molecule has 0 aliphatic heterocycles. The molecule has 8 atom stereocenters. The molecule has 0 radical (unpaired) electrons. The highest BCUT2D eigenvalue weighted by Gasteiger charge is 2.77. The summed E-state index contributed by atoms with van der Waals surface area (Å²) in [5, 5.41) is 30.5. The van der Waals surface area contributed by atoms with Gasteiger partial charge < -0.3 is 33.7 Å². The number of carbonyl (C=O) groups is 4. The normalized spacial score (nSPS) is 34.0. The molecular formula is C32H43FN2O15. The second-order valence-corrected chi connectivity index (χ2v) is 13.6. The van der Waals surface area contributed by atoms with Gasteiger partial charge in [-0.2, -0.15) is 0 Å². The number of nitrogens with zero attached hydrogens (tertiary/aromatic N) is 2. The fraction of sp³-hybridized carbons (Fsp3) is 0.750. The van der Waals surface area contributed by atoms with Crippen molar-refractivity contribution in [3.05, 3.63) is 44.0 Å². The number of Topliss-reactive ketones (excluding diaryl/α,β-unsaturated/α-hetero) is 1. The van der Waals surface area contributed by atoms with E-state index in [1.807, 2.05) is 6.08 Å². The first kappa shape index (κ1) is 38.8. The van der Waals surface area contributed by atoms with Gasteiger partial charge in [0.25, 0.3) is 10.2 Å². The maximum absolute atomic E-state index is 17.7. The van der Waals surface area contributed by atoms with E-state index >= 15 is 4.39 Å². The van der Waals surface area contributed by atoms with Crippen LogP contribution in [0.3, 0.4) is 0 Å². The predicted octanol–water partition coefficient (Wildman–Crippen LogP) is 2.23. The van der Waals surface area contributed by atoms with Gasteiger partial charge in [0.05, 0.1) is 32.5 Å². The Balaban J connectivity index is 1.53. The number of fused-ring (bicyclic) bond motifs is 5. The van der Waals surface area contributed by atoms with Gasteiger partial charge >= 0.3 is 11.9 Å². The van der Waals surface area contributed by atoms with Crippen LogP contribution < -0.4 is 0 Å². The number of allylic oxidation sites excluding steroid dienone is 4. The van der Waals surface area contributed by atoms with E-state index in [1.54, 1.807) is 20.8 Å². The number of rotatable bonds is 18. The van der Waals surface area contributed by atoms with Crippen LogP contribution in [0.4, 0.5) is 4.39 Å². The second-order valence-electron chi connectivity index (χ2n) is 13.6. The Morgan fingerprint density at radius 2 is 1.64 bits per heavy atom. The molecule has 0 aromatic heterocycles. The van der Waals surface area contributed by atoms with Crippen molar-refractivity contribution >= 4 is 23.5 Å². The third kappa shape index (κ3) is 7.23. The van der Waals surface area contributed by atoms with Crippen molar-refractivity contribution in [2.45, 2.75) is 76.7 Å². The molecule has 18 heteroatoms. The average molecular weight is 715 g/mol. The minimum absolute atomic E-state index is 0.0162. The SMILES string of the molecule is C[C@H]1CC2C3CC=C4CC(=O)C=C[C@]4(C)[C@@]3(F)[C@@H](O)C[C@]2(C)[C@@]1(OC(=O)CCCO[N+](=O)[O-])C(=O)COC(=O)COCCOCCO[N+](=O)[O-]. The highest BCUT2D eigenvalue weighted by atomic mass is 19.1. The average Bonchev–Trinajstić information content (AvgIpc) is 3.26. The van der Waals surface area contributed by atoms with E-state index in [9.17, 15) is 44.5 Å². The van der Waals surface area contributed by atoms with Crippen LogP contribution in [-0.4, -0.2) is 102 Å². The molecule has 2 fully saturated rings. The molecule has 4 aliphatic carbocycles. The number of halogens is 1. The largest absolute Gasteiger partial charge is 0.456 e. The zero-order chi connectivity index (χ0) is 36.9. The van der Waals surface area contributed by atoms with E-state index in [4.69, 9.17) is 18.9 Å². The van der Waals surface area contributed by atoms with Gasteiger partial charge in [-0.25, -0.2) is 9.18 Å². The Hall–Kier alpha value is -4.03. The van der Waals surface area contributed by atoms with Gasteiger partial charge in [0.1, 0.15) is 13.2 Å². The molecule has 50 heavy (non-hydrogen) atoms. The smallest absolute Gasteiger partial charge is 0.332 e. The van der Waals surface area contributed by atoms with Crippen LogP contribution in [0.2, 0.25) is 0 Å². The van der Waals surface area contributed by atoms with E-state index in [-0.39, 0.29) is 70.7 Å². The van der Waals surface area contributed by atoms with Crippen LogP contribution >= 0.6 is 0 Å². The summed E-state index contributed by atoms with van der Waals surface area (Å²) in [5.74, 6) is -4.93. The topological polar surface area (TPSA) is 230 Å². The zero-order valence-electron chi connectivity index (χ0n) is 28.2. The summed E-state index contributed by atoms with van der Waals surface area (Å²) in [4.78, 5) is 81.3. The van der Waals surface area contributed by atoms with Crippen molar-refractivity contribution in [2.75, 3.05) is 46.2 Å². The molecule has 0 amide bonds. The molecule has 17 nitrogen and oxygen atoms in total. The van der Waals surface area contributed by atoms with Crippen LogP contribution in [0.5, 0.6) is 0 Å². The fourth-order valence-electron chi connectivity index (χ4n) is 8.73. The molecule has 0 aromatic rings. The van der Waals surface area contributed by atoms with Gasteiger partial charge in [-0.15, -0.1) is 20.2 Å². The first-order valence-corrected chi connectivity index (χ1v) is 16.4. The molecule has 278 valence electrons. The lowest BCUT2D eigenvalue weighted by Crippen LogP contribution is -2.69. The van der Waals surface area contributed by atoms with Crippen molar-refractivity contribution < 1.29 is 67.5 Å².